The molecule has 0 aromatic heterocycles. The summed E-state index contributed by atoms with van der Waals surface area (Å²) in [5.41, 5.74) is 5.29. The van der Waals surface area contributed by atoms with Gasteiger partial charge in [-0.2, -0.15) is 0 Å². The molecule has 0 unspecified atom stereocenters. The highest BCUT2D eigenvalue weighted by Crippen LogP contribution is 2.20. The third kappa shape index (κ3) is 9.11. The van der Waals surface area contributed by atoms with E-state index in [-0.39, 0.29) is 5.97 Å². The minimum absolute atomic E-state index is 0.294. The van der Waals surface area contributed by atoms with Crippen LogP contribution in [0.5, 0.6) is 0 Å². The molecule has 0 amide bonds. The Morgan fingerprint density at radius 3 is 1.70 bits per heavy atom. The fourth-order valence-electron chi connectivity index (χ4n) is 3.66. The Labute approximate surface area is 218 Å². The fraction of sp³-hybridized carbons (Fsp3) is 0.0909. The Morgan fingerprint density at radius 2 is 1.19 bits per heavy atom. The molecular formula is C33H30O4. The first kappa shape index (κ1) is 26.9. The molecule has 0 aliphatic rings. The molecule has 186 valence electrons. The molecule has 4 aromatic rings. The maximum absolute atomic E-state index is 12.1. The summed E-state index contributed by atoms with van der Waals surface area (Å²) in [4.78, 5) is 23.0. The van der Waals surface area contributed by atoms with Crippen LogP contribution in [0.4, 0.5) is 0 Å². The molecule has 0 fully saturated rings. The van der Waals surface area contributed by atoms with Gasteiger partial charge in [0, 0.05) is 6.08 Å². The average molecular weight is 491 g/mol. The van der Waals surface area contributed by atoms with Gasteiger partial charge in [0.25, 0.3) is 0 Å². The van der Waals surface area contributed by atoms with Crippen molar-refractivity contribution in [2.24, 2.45) is 0 Å². The second-order valence-corrected chi connectivity index (χ2v) is 8.09. The fourth-order valence-corrected chi connectivity index (χ4v) is 3.66. The van der Waals surface area contributed by atoms with Gasteiger partial charge in [-0.1, -0.05) is 121 Å². The molecule has 4 heteroatoms. The number of hydrogen-bond donors (Lipinski definition) is 1. The number of hydrogen-bond acceptors (Lipinski definition) is 3. The highest BCUT2D eigenvalue weighted by atomic mass is 16.5. The van der Waals surface area contributed by atoms with E-state index in [1.165, 1.54) is 6.08 Å². The van der Waals surface area contributed by atoms with Crippen LogP contribution in [0.2, 0.25) is 0 Å². The molecule has 0 aliphatic heterocycles. The van der Waals surface area contributed by atoms with Crippen molar-refractivity contribution in [2.75, 3.05) is 6.61 Å². The molecule has 0 saturated heterocycles. The lowest BCUT2D eigenvalue weighted by Crippen LogP contribution is -2.06. The summed E-state index contributed by atoms with van der Waals surface area (Å²) in [5, 5.41) is 8.95. The zero-order valence-electron chi connectivity index (χ0n) is 20.8. The smallest absolute Gasteiger partial charge is 0.338 e. The number of carbonyl (C=O) groups excluding carboxylic acids is 1. The van der Waals surface area contributed by atoms with E-state index < -0.39 is 5.97 Å². The highest BCUT2D eigenvalue weighted by Gasteiger charge is 2.12. The number of rotatable bonds is 8. The van der Waals surface area contributed by atoms with Gasteiger partial charge in [0.15, 0.2) is 0 Å². The summed E-state index contributed by atoms with van der Waals surface area (Å²) in [6.07, 6.45) is 3.76. The van der Waals surface area contributed by atoms with Crippen LogP contribution in [0.3, 0.4) is 0 Å². The van der Waals surface area contributed by atoms with Gasteiger partial charge in [0.1, 0.15) is 0 Å². The number of carboxylic acids is 1. The second kappa shape index (κ2) is 14.6. The zero-order valence-corrected chi connectivity index (χ0v) is 20.8. The van der Waals surface area contributed by atoms with Gasteiger partial charge < -0.3 is 9.84 Å². The molecule has 0 radical (unpaired) electrons. The largest absolute Gasteiger partial charge is 0.478 e. The topological polar surface area (TPSA) is 63.6 Å². The quantitative estimate of drug-likeness (QED) is 0.161. The molecule has 4 rings (SSSR count). The molecular weight excluding hydrogens is 460 g/mol. The second-order valence-electron chi connectivity index (χ2n) is 8.09. The molecule has 37 heavy (non-hydrogen) atoms. The third-order valence-electron chi connectivity index (χ3n) is 5.37. The molecule has 0 spiro atoms. The molecule has 0 aliphatic carbocycles. The number of benzene rings is 4. The summed E-state index contributed by atoms with van der Waals surface area (Å²) in [6, 6.07) is 38.8. The van der Waals surface area contributed by atoms with Crippen molar-refractivity contribution >= 4 is 29.2 Å². The van der Waals surface area contributed by atoms with E-state index in [0.29, 0.717) is 18.6 Å². The first-order valence-corrected chi connectivity index (χ1v) is 12.1. The van der Waals surface area contributed by atoms with E-state index in [9.17, 15) is 9.59 Å². The van der Waals surface area contributed by atoms with E-state index in [2.05, 4.69) is 0 Å². The van der Waals surface area contributed by atoms with Crippen molar-refractivity contribution < 1.29 is 19.4 Å². The molecule has 4 aromatic carbocycles. The standard InChI is InChI=1S/C17H16O2.C16H14O2/c1-2-19-17(18)16(15-11-7-4-8-12-15)13-14-9-5-3-6-10-14;17-16(18)12-15(14-9-5-2-6-10-14)11-13-7-3-1-4-8-13/h3-13H,2H2,1H3;1-10,12H,11H2,(H,17,18). The van der Waals surface area contributed by atoms with E-state index in [1.54, 1.807) is 0 Å². The highest BCUT2D eigenvalue weighted by molar-refractivity contribution is 6.21. The Balaban J connectivity index is 0.000000206. The van der Waals surface area contributed by atoms with Gasteiger partial charge in [0.05, 0.1) is 12.2 Å². The Kier molecular flexibility index (Phi) is 10.6. The SMILES string of the molecule is CCOC(=O)C(=Cc1ccccc1)c1ccccc1.O=C(O)C=C(Cc1ccccc1)c1ccccc1. The minimum Gasteiger partial charge on any atom is -0.478 e. The van der Waals surface area contributed by atoms with Gasteiger partial charge in [-0.3, -0.25) is 0 Å². The van der Waals surface area contributed by atoms with Gasteiger partial charge in [-0.25, -0.2) is 9.59 Å². The van der Waals surface area contributed by atoms with E-state index >= 15 is 0 Å². The van der Waals surface area contributed by atoms with Crippen LogP contribution in [-0.2, 0) is 20.7 Å². The van der Waals surface area contributed by atoms with Crippen molar-refractivity contribution in [3.05, 3.63) is 150 Å². The minimum atomic E-state index is -0.912. The predicted molar refractivity (Wildman–Crippen MR) is 150 cm³/mol. The zero-order chi connectivity index (χ0) is 26.3. The van der Waals surface area contributed by atoms with E-state index in [0.717, 1.165) is 27.8 Å². The Morgan fingerprint density at radius 1 is 0.703 bits per heavy atom. The van der Waals surface area contributed by atoms with Gasteiger partial charge in [0.2, 0.25) is 0 Å². The predicted octanol–water partition coefficient (Wildman–Crippen LogP) is 7.19. The van der Waals surface area contributed by atoms with Crippen molar-refractivity contribution in [3.8, 4) is 0 Å². The number of aliphatic carboxylic acids is 1. The number of carboxylic acid groups (broad SMARTS) is 1. The summed E-state index contributed by atoms with van der Waals surface area (Å²) in [6.45, 7) is 2.18. The molecule has 4 nitrogen and oxygen atoms in total. The average Bonchev–Trinajstić information content (AvgIpc) is 2.94. The van der Waals surface area contributed by atoms with Crippen molar-refractivity contribution in [2.45, 2.75) is 13.3 Å². The van der Waals surface area contributed by atoms with Crippen LogP contribution < -0.4 is 0 Å². The van der Waals surface area contributed by atoms with Gasteiger partial charge >= 0.3 is 11.9 Å². The maximum atomic E-state index is 12.1. The number of carbonyl (C=O) groups is 2. The van der Waals surface area contributed by atoms with E-state index in [1.807, 2.05) is 134 Å². The summed E-state index contributed by atoms with van der Waals surface area (Å²) in [5.74, 6) is -1.21. The normalized spacial score (nSPS) is 11.2. The first-order chi connectivity index (χ1) is 18.1. The first-order valence-electron chi connectivity index (χ1n) is 12.1. The van der Waals surface area contributed by atoms with Crippen LogP contribution in [0, 0.1) is 0 Å². The van der Waals surface area contributed by atoms with Crippen LogP contribution in [0.15, 0.2) is 127 Å². The number of esters is 1. The molecule has 0 heterocycles. The van der Waals surface area contributed by atoms with Crippen LogP contribution in [-0.4, -0.2) is 23.7 Å². The monoisotopic (exact) mass is 490 g/mol. The maximum Gasteiger partial charge on any atom is 0.338 e. The van der Waals surface area contributed by atoms with Gasteiger partial charge in [-0.15, -0.1) is 0 Å². The van der Waals surface area contributed by atoms with Crippen LogP contribution >= 0.6 is 0 Å². The molecule has 0 saturated carbocycles. The lowest BCUT2D eigenvalue weighted by Gasteiger charge is -2.07. The Hall–Kier alpha value is -4.70. The summed E-state index contributed by atoms with van der Waals surface area (Å²) in [7, 11) is 0. The molecule has 0 bridgehead atoms. The van der Waals surface area contributed by atoms with Crippen molar-refractivity contribution in [1.82, 2.24) is 0 Å². The lowest BCUT2D eigenvalue weighted by molar-refractivity contribution is -0.136. The Bertz CT molecular complexity index is 1310. The summed E-state index contributed by atoms with van der Waals surface area (Å²) >= 11 is 0. The number of ether oxygens (including phenoxy) is 1. The van der Waals surface area contributed by atoms with Crippen LogP contribution in [0.25, 0.3) is 17.2 Å². The number of allylic oxidation sites excluding steroid dienone is 1. The lowest BCUT2D eigenvalue weighted by atomic mass is 9.98. The summed E-state index contributed by atoms with van der Waals surface area (Å²) < 4.78 is 5.12. The van der Waals surface area contributed by atoms with Crippen LogP contribution in [0.1, 0.15) is 29.2 Å². The molecule has 1 N–H and O–H groups in total. The van der Waals surface area contributed by atoms with Crippen molar-refractivity contribution in [1.29, 1.82) is 0 Å². The third-order valence-corrected chi connectivity index (χ3v) is 5.37. The van der Waals surface area contributed by atoms with E-state index in [4.69, 9.17) is 9.84 Å². The van der Waals surface area contributed by atoms with Gasteiger partial charge in [-0.05, 0) is 47.2 Å². The van der Waals surface area contributed by atoms with Crippen molar-refractivity contribution in [3.63, 3.8) is 0 Å². The molecule has 0 atom stereocenters.